The van der Waals surface area contributed by atoms with Crippen molar-refractivity contribution in [1.29, 1.82) is 0 Å². The second-order valence-corrected chi connectivity index (χ2v) is 2.51. The lowest BCUT2D eigenvalue weighted by molar-refractivity contribution is 0.254. The smallest absolute Gasteiger partial charge is 0.142 e. The molecule has 1 heterocycles. The van der Waals surface area contributed by atoms with Gasteiger partial charge in [-0.2, -0.15) is 0 Å². The highest BCUT2D eigenvalue weighted by Crippen LogP contribution is 2.23. The topological polar surface area (TPSA) is 93.8 Å². The predicted octanol–water partition coefficient (Wildman–Crippen LogP) is 0.213. The molecule has 5 nitrogen and oxygen atoms in total. The molecule has 0 atom stereocenters. The molecular formula is C8H12ClNO4. The number of aryl methyl sites for hydroxylation is 1. The second kappa shape index (κ2) is 6.56. The number of aliphatic hydroxyl groups excluding tert-OH is 2. The maximum atomic E-state index is 9.38. The number of aliphatic hydroxyl groups is 2. The first-order valence-electron chi connectivity index (χ1n) is 3.75. The molecule has 1 rings (SSSR count). The summed E-state index contributed by atoms with van der Waals surface area (Å²) in [6.45, 7) is 1.12. The van der Waals surface area contributed by atoms with Gasteiger partial charge in [-0.3, -0.25) is 9.64 Å². The van der Waals surface area contributed by atoms with E-state index in [0.717, 1.165) is 0 Å². The van der Waals surface area contributed by atoms with Gasteiger partial charge in [0.05, 0.1) is 30.8 Å². The van der Waals surface area contributed by atoms with Crippen LogP contribution in [0.4, 0.5) is 0 Å². The Kier molecular flexibility index (Phi) is 6.14. The summed E-state index contributed by atoms with van der Waals surface area (Å²) in [4.78, 5) is 3.84. The Hall–Kier alpha value is -0.880. The van der Waals surface area contributed by atoms with Crippen molar-refractivity contribution < 1.29 is 20.0 Å². The Balaban J connectivity index is 0.000000791. The van der Waals surface area contributed by atoms with Gasteiger partial charge in [0.2, 0.25) is 0 Å². The third-order valence-corrected chi connectivity index (χ3v) is 1.76. The zero-order valence-corrected chi connectivity index (χ0v) is 8.36. The van der Waals surface area contributed by atoms with E-state index in [2.05, 4.69) is 16.9 Å². The van der Waals surface area contributed by atoms with Crippen LogP contribution in [-0.2, 0) is 13.2 Å². The summed E-state index contributed by atoms with van der Waals surface area (Å²) in [7, 11) is 0. The van der Waals surface area contributed by atoms with Crippen LogP contribution in [0.15, 0.2) is 6.20 Å². The van der Waals surface area contributed by atoms with Crippen LogP contribution in [0, 0.1) is 6.92 Å². The van der Waals surface area contributed by atoms with Gasteiger partial charge in [0.1, 0.15) is 5.75 Å². The van der Waals surface area contributed by atoms with Gasteiger partial charge < -0.3 is 15.3 Å². The molecule has 0 fully saturated rings. The normalized spacial score (nSPS) is 9.21. The average molecular weight is 222 g/mol. The van der Waals surface area contributed by atoms with E-state index >= 15 is 0 Å². The number of hydrogen-bond acceptors (Lipinski definition) is 5. The van der Waals surface area contributed by atoms with Crippen molar-refractivity contribution >= 4 is 11.9 Å². The predicted molar refractivity (Wildman–Crippen MR) is 50.6 cm³/mol. The van der Waals surface area contributed by atoms with Crippen molar-refractivity contribution in [3.05, 3.63) is 23.0 Å². The SMILES string of the molecule is Cc1ncc(CO)c(CO)c1O.OCl. The molecule has 0 aliphatic carbocycles. The standard InChI is InChI=1S/C8H11NO3.ClHO/c1-5-8(12)7(4-11)6(3-10)2-9-5;1-2/h2,10-12H,3-4H2,1H3;2H. The molecule has 6 heteroatoms. The highest BCUT2D eigenvalue weighted by Gasteiger charge is 2.09. The molecule has 4 N–H and O–H groups in total. The number of halogens is 1. The first-order chi connectivity index (χ1) is 6.70. The van der Waals surface area contributed by atoms with E-state index in [-0.39, 0.29) is 19.0 Å². The molecule has 0 bridgehead atoms. The number of nitrogens with zero attached hydrogens (tertiary/aromatic N) is 1. The van der Waals surface area contributed by atoms with E-state index in [1.54, 1.807) is 6.92 Å². The number of aromatic hydroxyl groups is 1. The molecular weight excluding hydrogens is 210 g/mol. The summed E-state index contributed by atoms with van der Waals surface area (Å²) in [5.74, 6) is -0.0379. The zero-order chi connectivity index (χ0) is 11.1. The van der Waals surface area contributed by atoms with E-state index < -0.39 is 0 Å². The Morgan fingerprint density at radius 2 is 1.86 bits per heavy atom. The number of pyridine rings is 1. The van der Waals surface area contributed by atoms with Gasteiger partial charge in [-0.05, 0) is 6.92 Å². The second-order valence-electron chi connectivity index (χ2n) is 2.51. The van der Waals surface area contributed by atoms with Crippen LogP contribution >= 0.6 is 11.9 Å². The summed E-state index contributed by atoms with van der Waals surface area (Å²) >= 11 is 3.64. The van der Waals surface area contributed by atoms with Crippen molar-refractivity contribution in [2.45, 2.75) is 20.1 Å². The molecule has 0 aliphatic rings. The highest BCUT2D eigenvalue weighted by molar-refractivity contribution is 6.04. The van der Waals surface area contributed by atoms with Gasteiger partial charge in [0, 0.05) is 17.3 Å². The lowest BCUT2D eigenvalue weighted by Crippen LogP contribution is -1.98. The van der Waals surface area contributed by atoms with Gasteiger partial charge in [-0.15, -0.1) is 0 Å². The maximum absolute atomic E-state index is 9.38. The Labute approximate surface area is 86.4 Å². The molecule has 0 unspecified atom stereocenters. The molecule has 0 radical (unpaired) electrons. The van der Waals surface area contributed by atoms with Crippen LogP contribution in [0.25, 0.3) is 0 Å². The highest BCUT2D eigenvalue weighted by atomic mass is 35.5. The van der Waals surface area contributed by atoms with Crippen LogP contribution in [0.3, 0.4) is 0 Å². The first kappa shape index (κ1) is 13.1. The molecule has 0 aromatic carbocycles. The van der Waals surface area contributed by atoms with Crippen LogP contribution in [0.5, 0.6) is 5.75 Å². The van der Waals surface area contributed by atoms with Gasteiger partial charge in [-0.1, -0.05) is 0 Å². The fraction of sp³-hybridized carbons (Fsp3) is 0.375. The van der Waals surface area contributed by atoms with Crippen molar-refractivity contribution in [2.24, 2.45) is 0 Å². The Morgan fingerprint density at radius 1 is 1.29 bits per heavy atom. The summed E-state index contributed by atoms with van der Waals surface area (Å²) in [6, 6.07) is 0. The fourth-order valence-corrected chi connectivity index (χ4v) is 0.997. The van der Waals surface area contributed by atoms with Gasteiger partial charge in [0.25, 0.3) is 0 Å². The molecule has 0 spiro atoms. The molecule has 14 heavy (non-hydrogen) atoms. The average Bonchev–Trinajstić information content (AvgIpc) is 2.24. The molecule has 0 saturated carbocycles. The van der Waals surface area contributed by atoms with Crippen molar-refractivity contribution in [1.82, 2.24) is 4.98 Å². The minimum Gasteiger partial charge on any atom is -0.506 e. The molecule has 80 valence electrons. The molecule has 0 aliphatic heterocycles. The summed E-state index contributed by atoms with van der Waals surface area (Å²) < 4.78 is 6.47. The lowest BCUT2D eigenvalue weighted by atomic mass is 10.1. The van der Waals surface area contributed by atoms with Gasteiger partial charge >= 0.3 is 0 Å². The Morgan fingerprint density at radius 3 is 2.29 bits per heavy atom. The van der Waals surface area contributed by atoms with Crippen LogP contribution in [-0.4, -0.2) is 25.0 Å². The minimum atomic E-state index is -0.287. The summed E-state index contributed by atoms with van der Waals surface area (Å²) in [5, 5.41) is 27.0. The maximum Gasteiger partial charge on any atom is 0.142 e. The fourth-order valence-electron chi connectivity index (χ4n) is 0.997. The largest absolute Gasteiger partial charge is 0.506 e. The number of rotatable bonds is 2. The summed E-state index contributed by atoms with van der Waals surface area (Å²) in [6.07, 6.45) is 1.45. The van der Waals surface area contributed by atoms with Gasteiger partial charge in [0.15, 0.2) is 0 Å². The lowest BCUT2D eigenvalue weighted by Gasteiger charge is -2.07. The van der Waals surface area contributed by atoms with Crippen molar-refractivity contribution in [3.63, 3.8) is 0 Å². The Bertz CT molecular complexity index is 293. The minimum absolute atomic E-state index is 0.0379. The first-order valence-corrected chi connectivity index (χ1v) is 4.09. The van der Waals surface area contributed by atoms with E-state index in [9.17, 15) is 5.11 Å². The van der Waals surface area contributed by atoms with Gasteiger partial charge in [-0.25, -0.2) is 0 Å². The molecule has 1 aromatic heterocycles. The summed E-state index contributed by atoms with van der Waals surface area (Å²) in [5.41, 5.74) is 1.27. The van der Waals surface area contributed by atoms with E-state index in [4.69, 9.17) is 14.9 Å². The van der Waals surface area contributed by atoms with E-state index in [0.29, 0.717) is 16.8 Å². The van der Waals surface area contributed by atoms with Crippen LogP contribution in [0.2, 0.25) is 0 Å². The van der Waals surface area contributed by atoms with Crippen molar-refractivity contribution in [3.8, 4) is 5.75 Å². The number of aromatic nitrogens is 1. The molecule has 1 aromatic rings. The van der Waals surface area contributed by atoms with E-state index in [1.165, 1.54) is 6.20 Å². The monoisotopic (exact) mass is 221 g/mol. The van der Waals surface area contributed by atoms with Crippen molar-refractivity contribution in [2.75, 3.05) is 0 Å². The van der Waals surface area contributed by atoms with Crippen LogP contribution in [0.1, 0.15) is 16.8 Å². The third-order valence-electron chi connectivity index (χ3n) is 1.76. The molecule has 0 saturated heterocycles. The number of hydrogen-bond donors (Lipinski definition) is 4. The zero-order valence-electron chi connectivity index (χ0n) is 7.61. The molecule has 0 amide bonds. The van der Waals surface area contributed by atoms with Crippen LogP contribution < -0.4 is 0 Å². The van der Waals surface area contributed by atoms with E-state index in [1.807, 2.05) is 0 Å². The quantitative estimate of drug-likeness (QED) is 0.573. The third kappa shape index (κ3) is 2.81.